The van der Waals surface area contributed by atoms with Crippen molar-refractivity contribution in [2.75, 3.05) is 18.4 Å². The molecule has 3 N–H and O–H groups in total. The molecule has 1 atom stereocenters. The standard InChI is InChI=1S/C20H23ClN4O2/c1-14-3-2-4-16(9-14)12-25-8-7-17(13-25)23-20-18(21)10-15(11-22-20)5-6-19(26)24-27/h2-6,9-11,17,27H,7-8,12-13H2,1H3,(H,22,23)(H,24,26)/t17-/m1/s1. The Morgan fingerprint density at radius 2 is 2.30 bits per heavy atom. The van der Waals surface area contributed by atoms with Crippen LogP contribution in [0.2, 0.25) is 5.02 Å². The first kappa shape index (κ1) is 19.4. The van der Waals surface area contributed by atoms with Crippen LogP contribution < -0.4 is 10.8 Å². The van der Waals surface area contributed by atoms with E-state index in [1.54, 1.807) is 12.3 Å². The highest BCUT2D eigenvalue weighted by Gasteiger charge is 2.23. The number of rotatable bonds is 6. The Balaban J connectivity index is 1.56. The quantitative estimate of drug-likeness (QED) is 0.403. The summed E-state index contributed by atoms with van der Waals surface area (Å²) in [4.78, 5) is 17.8. The first-order chi connectivity index (χ1) is 13.0. The van der Waals surface area contributed by atoms with Gasteiger partial charge in [-0.05, 0) is 36.6 Å². The average molecular weight is 387 g/mol. The average Bonchev–Trinajstić information content (AvgIpc) is 3.08. The van der Waals surface area contributed by atoms with Gasteiger partial charge in [-0.2, -0.15) is 0 Å². The van der Waals surface area contributed by atoms with Gasteiger partial charge in [0.25, 0.3) is 5.91 Å². The monoisotopic (exact) mass is 386 g/mol. The number of carbonyl (C=O) groups excluding carboxylic acids is 1. The van der Waals surface area contributed by atoms with Crippen molar-refractivity contribution in [3.05, 3.63) is 64.3 Å². The number of amides is 1. The van der Waals surface area contributed by atoms with Crippen LogP contribution in [0.15, 0.2) is 42.6 Å². The minimum absolute atomic E-state index is 0.293. The van der Waals surface area contributed by atoms with E-state index in [1.807, 2.05) is 0 Å². The smallest absolute Gasteiger partial charge is 0.267 e. The predicted octanol–water partition coefficient (Wildman–Crippen LogP) is 3.25. The van der Waals surface area contributed by atoms with E-state index in [-0.39, 0.29) is 0 Å². The van der Waals surface area contributed by atoms with Crippen LogP contribution in [0, 0.1) is 6.92 Å². The van der Waals surface area contributed by atoms with Crippen molar-refractivity contribution in [2.24, 2.45) is 0 Å². The lowest BCUT2D eigenvalue weighted by atomic mass is 10.1. The third-order valence-corrected chi connectivity index (χ3v) is 4.79. The molecule has 3 rings (SSSR count). The van der Waals surface area contributed by atoms with Crippen molar-refractivity contribution in [2.45, 2.75) is 25.9 Å². The summed E-state index contributed by atoms with van der Waals surface area (Å²) in [5.74, 6) is 0.0378. The largest absolute Gasteiger partial charge is 0.365 e. The maximum absolute atomic E-state index is 11.0. The van der Waals surface area contributed by atoms with E-state index in [0.717, 1.165) is 26.1 Å². The number of pyridine rings is 1. The van der Waals surface area contributed by atoms with Gasteiger partial charge in [0.05, 0.1) is 5.02 Å². The SMILES string of the molecule is Cc1cccc(CN2CC[C@@H](Nc3ncc(C=CC(=O)NO)cc3Cl)C2)c1. The molecule has 0 unspecified atom stereocenters. The maximum atomic E-state index is 11.0. The highest BCUT2D eigenvalue weighted by Crippen LogP contribution is 2.24. The van der Waals surface area contributed by atoms with E-state index in [1.165, 1.54) is 28.8 Å². The van der Waals surface area contributed by atoms with Gasteiger partial charge in [-0.15, -0.1) is 0 Å². The van der Waals surface area contributed by atoms with Crippen molar-refractivity contribution in [1.29, 1.82) is 0 Å². The van der Waals surface area contributed by atoms with Gasteiger partial charge in [0.15, 0.2) is 0 Å². The number of hydroxylamine groups is 1. The highest BCUT2D eigenvalue weighted by molar-refractivity contribution is 6.33. The van der Waals surface area contributed by atoms with Crippen LogP contribution in [0.1, 0.15) is 23.1 Å². The summed E-state index contributed by atoms with van der Waals surface area (Å²) >= 11 is 6.32. The number of nitrogens with zero attached hydrogens (tertiary/aromatic N) is 2. The normalized spacial score (nSPS) is 17.4. The molecule has 142 valence electrons. The van der Waals surface area contributed by atoms with Crippen LogP contribution in [0.25, 0.3) is 6.08 Å². The molecule has 1 aliphatic rings. The third-order valence-electron chi connectivity index (χ3n) is 4.50. The molecule has 0 bridgehead atoms. The van der Waals surface area contributed by atoms with Gasteiger partial charge in [-0.25, -0.2) is 10.5 Å². The van der Waals surface area contributed by atoms with E-state index < -0.39 is 5.91 Å². The van der Waals surface area contributed by atoms with Gasteiger partial charge in [0.1, 0.15) is 5.82 Å². The lowest BCUT2D eigenvalue weighted by Gasteiger charge is -2.18. The van der Waals surface area contributed by atoms with Crippen molar-refractivity contribution >= 4 is 29.4 Å². The molecule has 1 aliphatic heterocycles. The van der Waals surface area contributed by atoms with Gasteiger partial charge >= 0.3 is 0 Å². The summed E-state index contributed by atoms with van der Waals surface area (Å²) in [5, 5.41) is 12.4. The van der Waals surface area contributed by atoms with Crippen LogP contribution in [-0.2, 0) is 11.3 Å². The van der Waals surface area contributed by atoms with Crippen LogP contribution >= 0.6 is 11.6 Å². The van der Waals surface area contributed by atoms with E-state index in [9.17, 15) is 4.79 Å². The molecule has 6 nitrogen and oxygen atoms in total. The number of aromatic nitrogens is 1. The molecule has 7 heteroatoms. The van der Waals surface area contributed by atoms with Crippen molar-refractivity contribution in [3.63, 3.8) is 0 Å². The summed E-state index contributed by atoms with van der Waals surface area (Å²) in [5.41, 5.74) is 4.83. The lowest BCUT2D eigenvalue weighted by molar-refractivity contribution is -0.124. The molecule has 1 aromatic heterocycles. The third kappa shape index (κ3) is 5.53. The topological polar surface area (TPSA) is 77.5 Å². The summed E-state index contributed by atoms with van der Waals surface area (Å²) in [6.07, 6.45) is 5.41. The number of hydrogen-bond donors (Lipinski definition) is 3. The molecule has 2 aromatic rings. The molecule has 1 saturated heterocycles. The molecule has 0 radical (unpaired) electrons. The lowest BCUT2D eigenvalue weighted by Crippen LogP contribution is -2.26. The van der Waals surface area contributed by atoms with Crippen molar-refractivity contribution < 1.29 is 10.0 Å². The molecule has 0 aliphatic carbocycles. The number of benzene rings is 1. The zero-order chi connectivity index (χ0) is 19.2. The summed E-state index contributed by atoms with van der Waals surface area (Å²) < 4.78 is 0. The van der Waals surface area contributed by atoms with E-state index in [2.05, 4.69) is 46.4 Å². The van der Waals surface area contributed by atoms with Crippen molar-refractivity contribution in [1.82, 2.24) is 15.4 Å². The van der Waals surface area contributed by atoms with E-state index in [0.29, 0.717) is 22.4 Å². The number of aryl methyl sites for hydroxylation is 1. The number of hydrogen-bond acceptors (Lipinski definition) is 5. The van der Waals surface area contributed by atoms with E-state index in [4.69, 9.17) is 16.8 Å². The second-order valence-corrected chi connectivity index (χ2v) is 7.17. The first-order valence-corrected chi connectivity index (χ1v) is 9.23. The number of likely N-dealkylation sites (tertiary alicyclic amines) is 1. The Bertz CT molecular complexity index is 840. The summed E-state index contributed by atoms with van der Waals surface area (Å²) in [6, 6.07) is 10.6. The molecular weight excluding hydrogens is 364 g/mol. The molecule has 0 spiro atoms. The van der Waals surface area contributed by atoms with Gasteiger partial charge < -0.3 is 5.32 Å². The molecule has 1 aromatic carbocycles. The minimum atomic E-state index is -0.604. The first-order valence-electron chi connectivity index (χ1n) is 8.85. The van der Waals surface area contributed by atoms with Crippen molar-refractivity contribution in [3.8, 4) is 0 Å². The number of anilines is 1. The second kappa shape index (κ2) is 8.99. The highest BCUT2D eigenvalue weighted by atomic mass is 35.5. The van der Waals surface area contributed by atoms with Gasteiger partial charge in [-0.1, -0.05) is 41.4 Å². The Hall–Kier alpha value is -2.41. The van der Waals surface area contributed by atoms with Gasteiger partial charge in [0.2, 0.25) is 0 Å². The van der Waals surface area contributed by atoms with Gasteiger partial charge in [-0.3, -0.25) is 14.9 Å². The Labute approximate surface area is 163 Å². The maximum Gasteiger partial charge on any atom is 0.267 e. The van der Waals surface area contributed by atoms with Crippen LogP contribution in [-0.4, -0.2) is 40.1 Å². The predicted molar refractivity (Wildman–Crippen MR) is 107 cm³/mol. The molecule has 2 heterocycles. The zero-order valence-corrected chi connectivity index (χ0v) is 15.9. The summed E-state index contributed by atoms with van der Waals surface area (Å²) in [6.45, 7) is 5.02. The van der Waals surface area contributed by atoms with Crippen LogP contribution in [0.3, 0.4) is 0 Å². The molecule has 1 fully saturated rings. The Morgan fingerprint density at radius 1 is 1.44 bits per heavy atom. The number of nitrogens with one attached hydrogen (secondary N) is 2. The molecule has 0 saturated carbocycles. The van der Waals surface area contributed by atoms with Gasteiger partial charge in [0, 0.05) is 37.9 Å². The fourth-order valence-electron chi connectivity index (χ4n) is 3.22. The fraction of sp³-hybridized carbons (Fsp3) is 0.300. The zero-order valence-electron chi connectivity index (χ0n) is 15.2. The minimum Gasteiger partial charge on any atom is -0.365 e. The van der Waals surface area contributed by atoms with E-state index >= 15 is 0 Å². The Kier molecular flexibility index (Phi) is 6.45. The number of halogens is 1. The molecule has 1 amide bonds. The molecule has 27 heavy (non-hydrogen) atoms. The fourth-order valence-corrected chi connectivity index (χ4v) is 3.44. The van der Waals surface area contributed by atoms with Crippen LogP contribution in [0.5, 0.6) is 0 Å². The molecular formula is C20H23ClN4O2. The number of carbonyl (C=O) groups is 1. The second-order valence-electron chi connectivity index (χ2n) is 6.76. The summed E-state index contributed by atoms with van der Waals surface area (Å²) in [7, 11) is 0. The van der Waals surface area contributed by atoms with Crippen LogP contribution in [0.4, 0.5) is 5.82 Å². The Morgan fingerprint density at radius 3 is 3.04 bits per heavy atom.